The SMILES string of the molecule is C=C1Cc2cc(-c3ccc(Cn4c(=O)cnc5ccncc54)c(F)c3)ccc2N1. The number of pyridine rings is 1. The smallest absolute Gasteiger partial charge is 0.269 e. The molecule has 0 aliphatic carbocycles. The summed E-state index contributed by atoms with van der Waals surface area (Å²) in [6.45, 7) is 4.07. The predicted octanol–water partition coefficient (Wildman–Crippen LogP) is 4.13. The third-order valence-corrected chi connectivity index (χ3v) is 5.18. The number of rotatable bonds is 3. The van der Waals surface area contributed by atoms with Crippen LogP contribution < -0.4 is 10.9 Å². The molecule has 1 aliphatic heterocycles. The molecule has 0 fully saturated rings. The number of nitrogens with one attached hydrogen (secondary N) is 1. The van der Waals surface area contributed by atoms with Crippen LogP contribution in [0.5, 0.6) is 0 Å². The van der Waals surface area contributed by atoms with Crippen LogP contribution in [0.1, 0.15) is 11.1 Å². The molecule has 0 radical (unpaired) electrons. The second-order valence-corrected chi connectivity index (χ2v) is 7.13. The van der Waals surface area contributed by atoms with E-state index in [-0.39, 0.29) is 17.9 Å². The molecule has 2 aromatic carbocycles. The molecule has 2 aromatic heterocycles. The molecule has 1 N–H and O–H groups in total. The molecule has 0 unspecified atom stereocenters. The minimum atomic E-state index is -0.355. The fourth-order valence-electron chi connectivity index (χ4n) is 3.70. The fraction of sp³-hybridized carbons (Fsp3) is 0.0870. The lowest BCUT2D eigenvalue weighted by Crippen LogP contribution is -2.21. The number of allylic oxidation sites excluding steroid dienone is 1. The first kappa shape index (κ1) is 17.3. The predicted molar refractivity (Wildman–Crippen MR) is 111 cm³/mol. The molecule has 6 heteroatoms. The molecule has 0 spiro atoms. The van der Waals surface area contributed by atoms with Gasteiger partial charge in [-0.05, 0) is 41.0 Å². The summed E-state index contributed by atoms with van der Waals surface area (Å²) in [6, 6.07) is 12.9. The summed E-state index contributed by atoms with van der Waals surface area (Å²) in [7, 11) is 0. The lowest BCUT2D eigenvalue weighted by Gasteiger charge is -2.11. The number of fused-ring (bicyclic) bond motifs is 2. The summed E-state index contributed by atoms with van der Waals surface area (Å²) in [4.78, 5) is 20.5. The zero-order valence-electron chi connectivity index (χ0n) is 15.5. The van der Waals surface area contributed by atoms with Gasteiger partial charge in [0.2, 0.25) is 0 Å². The maximum Gasteiger partial charge on any atom is 0.269 e. The van der Waals surface area contributed by atoms with Crippen LogP contribution >= 0.6 is 0 Å². The highest BCUT2D eigenvalue weighted by molar-refractivity contribution is 5.73. The van der Waals surface area contributed by atoms with Crippen LogP contribution in [0.4, 0.5) is 10.1 Å². The molecule has 5 rings (SSSR count). The first-order chi connectivity index (χ1) is 14.1. The van der Waals surface area contributed by atoms with Gasteiger partial charge in [-0.25, -0.2) is 9.37 Å². The van der Waals surface area contributed by atoms with E-state index in [4.69, 9.17) is 0 Å². The maximum atomic E-state index is 14.9. The van der Waals surface area contributed by atoms with Crippen molar-refractivity contribution in [1.82, 2.24) is 14.5 Å². The zero-order chi connectivity index (χ0) is 20.0. The van der Waals surface area contributed by atoms with E-state index < -0.39 is 0 Å². The number of halogens is 1. The topological polar surface area (TPSA) is 59.8 Å². The number of hydrogen-bond acceptors (Lipinski definition) is 4. The minimum Gasteiger partial charge on any atom is -0.359 e. The number of anilines is 1. The molecular weight excluding hydrogens is 367 g/mol. The standard InChI is InChI=1S/C23H17FN4O/c1-14-8-18-9-15(4-5-20(18)27-14)16-2-3-17(19(24)10-16)13-28-22-11-25-7-6-21(22)26-12-23(28)29/h2-7,9-12,27H,1,8,13H2. The number of hydrogen-bond donors (Lipinski definition) is 1. The molecule has 5 nitrogen and oxygen atoms in total. The minimum absolute atomic E-state index is 0.115. The first-order valence-corrected chi connectivity index (χ1v) is 9.24. The summed E-state index contributed by atoms with van der Waals surface area (Å²) >= 11 is 0. The van der Waals surface area contributed by atoms with Gasteiger partial charge in [0.15, 0.2) is 0 Å². The molecule has 0 bridgehead atoms. The van der Waals surface area contributed by atoms with Crippen molar-refractivity contribution in [3.8, 4) is 11.1 Å². The van der Waals surface area contributed by atoms with Crippen LogP contribution in [-0.4, -0.2) is 14.5 Å². The highest BCUT2D eigenvalue weighted by Crippen LogP contribution is 2.32. The molecule has 0 amide bonds. The van der Waals surface area contributed by atoms with Crippen molar-refractivity contribution in [3.63, 3.8) is 0 Å². The highest BCUT2D eigenvalue weighted by atomic mass is 19.1. The Hall–Kier alpha value is -3.80. The van der Waals surface area contributed by atoms with E-state index in [1.165, 1.54) is 16.8 Å². The van der Waals surface area contributed by atoms with Gasteiger partial charge in [-0.15, -0.1) is 0 Å². The van der Waals surface area contributed by atoms with Gasteiger partial charge < -0.3 is 5.32 Å². The van der Waals surface area contributed by atoms with Gasteiger partial charge in [-0.3, -0.25) is 14.3 Å². The molecule has 29 heavy (non-hydrogen) atoms. The number of nitrogens with zero attached hydrogens (tertiary/aromatic N) is 3. The Kier molecular flexibility index (Phi) is 3.98. The van der Waals surface area contributed by atoms with Gasteiger partial charge in [0, 0.05) is 29.6 Å². The van der Waals surface area contributed by atoms with E-state index in [1.54, 1.807) is 24.5 Å². The van der Waals surface area contributed by atoms with E-state index in [0.29, 0.717) is 16.6 Å². The van der Waals surface area contributed by atoms with Crippen molar-refractivity contribution < 1.29 is 4.39 Å². The molecular formula is C23H17FN4O. The second-order valence-electron chi connectivity index (χ2n) is 7.13. The summed E-state index contributed by atoms with van der Waals surface area (Å²) in [5.41, 5.74) is 6.26. The van der Waals surface area contributed by atoms with Gasteiger partial charge in [0.1, 0.15) is 5.82 Å². The quantitative estimate of drug-likeness (QED) is 0.577. The Balaban J connectivity index is 1.50. The fourth-order valence-corrected chi connectivity index (χ4v) is 3.70. The lowest BCUT2D eigenvalue weighted by molar-refractivity contribution is 0.599. The Morgan fingerprint density at radius 1 is 1.10 bits per heavy atom. The van der Waals surface area contributed by atoms with Crippen LogP contribution in [0.25, 0.3) is 22.2 Å². The Morgan fingerprint density at radius 2 is 1.93 bits per heavy atom. The van der Waals surface area contributed by atoms with E-state index in [9.17, 15) is 9.18 Å². The van der Waals surface area contributed by atoms with Crippen molar-refractivity contribution in [2.75, 3.05) is 5.32 Å². The Labute approximate surface area is 166 Å². The van der Waals surface area contributed by atoms with Gasteiger partial charge >= 0.3 is 0 Å². The van der Waals surface area contributed by atoms with Crippen molar-refractivity contribution in [2.24, 2.45) is 0 Å². The Morgan fingerprint density at radius 3 is 2.79 bits per heavy atom. The largest absolute Gasteiger partial charge is 0.359 e. The number of benzene rings is 2. The zero-order valence-corrected chi connectivity index (χ0v) is 15.5. The van der Waals surface area contributed by atoms with E-state index in [2.05, 4.69) is 27.9 Å². The molecule has 4 aromatic rings. The monoisotopic (exact) mass is 384 g/mol. The molecule has 142 valence electrons. The summed E-state index contributed by atoms with van der Waals surface area (Å²) in [5, 5.41) is 3.23. The van der Waals surface area contributed by atoms with Crippen molar-refractivity contribution >= 4 is 16.7 Å². The second kappa shape index (κ2) is 6.67. The van der Waals surface area contributed by atoms with Gasteiger partial charge in [0.25, 0.3) is 5.56 Å². The van der Waals surface area contributed by atoms with E-state index >= 15 is 0 Å². The average molecular weight is 384 g/mol. The molecule has 3 heterocycles. The summed E-state index contributed by atoms with van der Waals surface area (Å²) < 4.78 is 16.4. The molecule has 0 atom stereocenters. The normalized spacial score (nSPS) is 12.8. The highest BCUT2D eigenvalue weighted by Gasteiger charge is 2.15. The van der Waals surface area contributed by atoms with Crippen LogP contribution in [0.15, 0.2) is 78.1 Å². The van der Waals surface area contributed by atoms with Gasteiger partial charge in [-0.1, -0.05) is 24.8 Å². The summed E-state index contributed by atoms with van der Waals surface area (Å²) in [6.07, 6.45) is 5.21. The van der Waals surface area contributed by atoms with Crippen LogP contribution in [0, 0.1) is 5.82 Å². The van der Waals surface area contributed by atoms with E-state index in [1.807, 2.05) is 18.2 Å². The lowest BCUT2D eigenvalue weighted by atomic mass is 10.00. The number of aromatic nitrogens is 3. The summed E-state index contributed by atoms with van der Waals surface area (Å²) in [5.74, 6) is -0.355. The third-order valence-electron chi connectivity index (χ3n) is 5.18. The first-order valence-electron chi connectivity index (χ1n) is 9.24. The Bertz CT molecular complexity index is 1340. The van der Waals surface area contributed by atoms with Crippen LogP contribution in [0.3, 0.4) is 0 Å². The molecule has 1 aliphatic rings. The van der Waals surface area contributed by atoms with Gasteiger partial charge in [0.05, 0.1) is 30.0 Å². The van der Waals surface area contributed by atoms with E-state index in [0.717, 1.165) is 34.5 Å². The maximum absolute atomic E-state index is 14.9. The molecule has 0 saturated heterocycles. The van der Waals surface area contributed by atoms with Crippen LogP contribution in [-0.2, 0) is 13.0 Å². The van der Waals surface area contributed by atoms with Crippen LogP contribution in [0.2, 0.25) is 0 Å². The van der Waals surface area contributed by atoms with Gasteiger partial charge in [-0.2, -0.15) is 0 Å². The third kappa shape index (κ3) is 3.08. The van der Waals surface area contributed by atoms with Crippen molar-refractivity contribution in [3.05, 3.63) is 101 Å². The van der Waals surface area contributed by atoms with Crippen molar-refractivity contribution in [1.29, 1.82) is 0 Å². The average Bonchev–Trinajstić information content (AvgIpc) is 3.10. The molecule has 0 saturated carbocycles. The van der Waals surface area contributed by atoms with Crippen molar-refractivity contribution in [2.45, 2.75) is 13.0 Å².